The Morgan fingerprint density at radius 3 is 2.90 bits per heavy atom. The van der Waals surface area contributed by atoms with Crippen LogP contribution in [-0.2, 0) is 11.9 Å². The molecule has 0 atom stereocenters. The van der Waals surface area contributed by atoms with Gasteiger partial charge in [-0.15, -0.1) is 0 Å². The number of fused-ring (bicyclic) bond motifs is 1. The smallest absolute Gasteiger partial charge is 0.233 e. The first-order chi connectivity index (χ1) is 10.2. The molecule has 0 aliphatic heterocycles. The van der Waals surface area contributed by atoms with Crippen molar-refractivity contribution in [2.45, 2.75) is 13.8 Å². The van der Waals surface area contributed by atoms with Crippen molar-refractivity contribution in [2.24, 2.45) is 12.2 Å². The van der Waals surface area contributed by atoms with Crippen LogP contribution in [0, 0.1) is 0 Å². The summed E-state index contributed by atoms with van der Waals surface area (Å²) >= 11 is 0. The Kier molecular flexibility index (Phi) is 3.35. The van der Waals surface area contributed by atoms with Crippen molar-refractivity contribution in [1.29, 1.82) is 0 Å². The summed E-state index contributed by atoms with van der Waals surface area (Å²) in [7, 11) is 1.92. The highest BCUT2D eigenvalue weighted by Gasteiger charge is 2.15. The molecular weight excluding hydrogens is 270 g/mol. The Morgan fingerprint density at radius 1 is 1.33 bits per heavy atom. The second-order valence-electron chi connectivity index (χ2n) is 4.46. The molecule has 3 rings (SSSR count). The average molecular weight is 285 g/mol. The molecule has 0 bridgehead atoms. The molecule has 8 nitrogen and oxygen atoms in total. The maximum absolute atomic E-state index is 5.12. The predicted octanol–water partition coefficient (Wildman–Crippen LogP) is 1.31. The van der Waals surface area contributed by atoms with Gasteiger partial charge in [0.15, 0.2) is 0 Å². The highest BCUT2D eigenvalue weighted by molar-refractivity contribution is 6.07. The fraction of sp³-hybridized carbons (Fsp3) is 0.308. The van der Waals surface area contributed by atoms with Crippen LogP contribution in [-0.4, -0.2) is 41.6 Å². The maximum Gasteiger partial charge on any atom is 0.233 e. The van der Waals surface area contributed by atoms with Crippen molar-refractivity contribution in [2.75, 3.05) is 6.61 Å². The molecule has 0 saturated carbocycles. The Bertz CT molecular complexity index is 788. The summed E-state index contributed by atoms with van der Waals surface area (Å²) in [6.45, 7) is 4.30. The second kappa shape index (κ2) is 5.31. The van der Waals surface area contributed by atoms with E-state index in [1.807, 2.05) is 25.5 Å². The van der Waals surface area contributed by atoms with Gasteiger partial charge in [0.1, 0.15) is 24.8 Å². The van der Waals surface area contributed by atoms with Gasteiger partial charge in [-0.25, -0.2) is 9.97 Å². The molecule has 3 heterocycles. The number of pyridine rings is 1. The Labute approximate surface area is 121 Å². The van der Waals surface area contributed by atoms with Crippen molar-refractivity contribution in [3.63, 3.8) is 0 Å². The molecule has 0 fully saturated rings. The molecule has 108 valence electrons. The van der Waals surface area contributed by atoms with Gasteiger partial charge in [-0.3, -0.25) is 4.98 Å². The quantitative estimate of drug-likeness (QED) is 0.533. The molecule has 0 radical (unpaired) electrons. The SMILES string of the molecule is CCO/N=C(\C)c1cncc2nc(-n3cncn3)n(C)c12. The number of imidazole rings is 1. The molecule has 0 unspecified atom stereocenters. The first-order valence-electron chi connectivity index (χ1n) is 6.54. The van der Waals surface area contributed by atoms with Crippen LogP contribution < -0.4 is 0 Å². The van der Waals surface area contributed by atoms with Crippen LogP contribution in [0.1, 0.15) is 19.4 Å². The van der Waals surface area contributed by atoms with E-state index in [4.69, 9.17) is 4.84 Å². The number of aromatic nitrogens is 6. The lowest BCUT2D eigenvalue weighted by molar-refractivity contribution is 0.159. The number of hydrogen-bond donors (Lipinski definition) is 0. The number of nitrogens with zero attached hydrogens (tertiary/aromatic N) is 7. The van der Waals surface area contributed by atoms with Gasteiger partial charge in [0.2, 0.25) is 5.95 Å². The zero-order valence-corrected chi connectivity index (χ0v) is 12.1. The minimum absolute atomic E-state index is 0.524. The molecule has 0 aliphatic carbocycles. The molecule has 3 aromatic heterocycles. The van der Waals surface area contributed by atoms with Crippen molar-refractivity contribution < 1.29 is 4.84 Å². The number of hydrogen-bond acceptors (Lipinski definition) is 6. The van der Waals surface area contributed by atoms with Gasteiger partial charge in [0, 0.05) is 18.8 Å². The summed E-state index contributed by atoms with van der Waals surface area (Å²) in [5.41, 5.74) is 3.33. The summed E-state index contributed by atoms with van der Waals surface area (Å²) in [5, 5.41) is 8.19. The third kappa shape index (κ3) is 2.24. The van der Waals surface area contributed by atoms with E-state index in [0.29, 0.717) is 12.6 Å². The lowest BCUT2D eigenvalue weighted by Gasteiger charge is -2.05. The van der Waals surface area contributed by atoms with Gasteiger partial charge in [-0.05, 0) is 13.8 Å². The first-order valence-corrected chi connectivity index (χ1v) is 6.54. The van der Waals surface area contributed by atoms with Crippen LogP contribution in [0.25, 0.3) is 17.0 Å². The monoisotopic (exact) mass is 285 g/mol. The highest BCUT2D eigenvalue weighted by Crippen LogP contribution is 2.20. The summed E-state index contributed by atoms with van der Waals surface area (Å²) in [5.74, 6) is 0.668. The van der Waals surface area contributed by atoms with E-state index in [1.165, 1.54) is 6.33 Å². The standard InChI is InChI=1S/C13H15N7O/c1-4-21-18-9(2)10-5-14-6-11-12(10)19(3)13(17-11)20-8-15-7-16-20/h5-8H,4H2,1-3H3/b18-9+. The zero-order chi connectivity index (χ0) is 14.8. The van der Waals surface area contributed by atoms with Gasteiger partial charge in [0.05, 0.1) is 17.4 Å². The van der Waals surface area contributed by atoms with Crippen LogP contribution in [0.5, 0.6) is 0 Å². The van der Waals surface area contributed by atoms with Crippen LogP contribution in [0.15, 0.2) is 30.2 Å². The van der Waals surface area contributed by atoms with Crippen molar-refractivity contribution in [1.82, 2.24) is 29.3 Å². The molecule has 0 amide bonds. The summed E-state index contributed by atoms with van der Waals surface area (Å²) in [6.07, 6.45) is 6.55. The fourth-order valence-electron chi connectivity index (χ4n) is 2.15. The highest BCUT2D eigenvalue weighted by atomic mass is 16.6. The molecule has 21 heavy (non-hydrogen) atoms. The molecule has 0 aromatic carbocycles. The van der Waals surface area contributed by atoms with Crippen molar-refractivity contribution in [3.05, 3.63) is 30.6 Å². The third-order valence-corrected chi connectivity index (χ3v) is 3.10. The van der Waals surface area contributed by atoms with Gasteiger partial charge >= 0.3 is 0 Å². The molecule has 8 heteroatoms. The fourth-order valence-corrected chi connectivity index (χ4v) is 2.15. The average Bonchev–Trinajstić information content (AvgIpc) is 3.12. The Hall–Kier alpha value is -2.77. The third-order valence-electron chi connectivity index (χ3n) is 3.10. The minimum Gasteiger partial charge on any atom is -0.396 e. The summed E-state index contributed by atoms with van der Waals surface area (Å²) in [6, 6.07) is 0. The summed E-state index contributed by atoms with van der Waals surface area (Å²) in [4.78, 5) is 17.8. The lowest BCUT2D eigenvalue weighted by Crippen LogP contribution is -2.06. The number of aryl methyl sites for hydroxylation is 1. The van der Waals surface area contributed by atoms with Crippen molar-refractivity contribution >= 4 is 16.7 Å². The lowest BCUT2D eigenvalue weighted by atomic mass is 10.1. The van der Waals surface area contributed by atoms with E-state index in [2.05, 4.69) is 25.2 Å². The Morgan fingerprint density at radius 2 is 2.19 bits per heavy atom. The molecule has 0 spiro atoms. The van der Waals surface area contributed by atoms with Gasteiger partial charge < -0.3 is 9.40 Å². The predicted molar refractivity (Wildman–Crippen MR) is 77.3 cm³/mol. The maximum atomic E-state index is 5.12. The molecule has 0 aliphatic rings. The topological polar surface area (TPSA) is 83.0 Å². The van der Waals surface area contributed by atoms with Crippen molar-refractivity contribution in [3.8, 4) is 5.95 Å². The minimum atomic E-state index is 0.524. The van der Waals surface area contributed by atoms with Gasteiger partial charge in [0.25, 0.3) is 0 Å². The van der Waals surface area contributed by atoms with Gasteiger partial charge in [-0.2, -0.15) is 9.78 Å². The second-order valence-corrected chi connectivity index (χ2v) is 4.46. The van der Waals surface area contributed by atoms with E-state index in [1.54, 1.807) is 23.4 Å². The summed E-state index contributed by atoms with van der Waals surface area (Å²) < 4.78 is 3.55. The van der Waals surface area contributed by atoms with E-state index in [0.717, 1.165) is 22.3 Å². The van der Waals surface area contributed by atoms with Crippen LogP contribution >= 0.6 is 0 Å². The van der Waals surface area contributed by atoms with Gasteiger partial charge in [-0.1, -0.05) is 5.16 Å². The Balaban J connectivity index is 2.19. The largest absolute Gasteiger partial charge is 0.396 e. The normalized spacial score (nSPS) is 12.0. The van der Waals surface area contributed by atoms with Crippen LogP contribution in [0.3, 0.4) is 0 Å². The molecule has 0 N–H and O–H groups in total. The zero-order valence-electron chi connectivity index (χ0n) is 12.1. The number of rotatable bonds is 4. The molecule has 0 saturated heterocycles. The van der Waals surface area contributed by atoms with E-state index in [9.17, 15) is 0 Å². The van der Waals surface area contributed by atoms with Crippen LogP contribution in [0.4, 0.5) is 0 Å². The van der Waals surface area contributed by atoms with Crippen LogP contribution in [0.2, 0.25) is 0 Å². The van der Waals surface area contributed by atoms with E-state index < -0.39 is 0 Å². The number of oxime groups is 1. The molecular formula is C13H15N7O. The van der Waals surface area contributed by atoms with E-state index in [-0.39, 0.29) is 0 Å². The van der Waals surface area contributed by atoms with E-state index >= 15 is 0 Å². The first kappa shape index (κ1) is 13.2. The molecule has 3 aromatic rings.